The molecule has 0 saturated carbocycles. The lowest BCUT2D eigenvalue weighted by Crippen LogP contribution is -2.34. The van der Waals surface area contributed by atoms with Crippen LogP contribution in [0.25, 0.3) is 0 Å². The lowest BCUT2D eigenvalue weighted by atomic mass is 9.99. The van der Waals surface area contributed by atoms with Crippen molar-refractivity contribution < 1.29 is 13.9 Å². The summed E-state index contributed by atoms with van der Waals surface area (Å²) < 4.78 is 19.6. The van der Waals surface area contributed by atoms with E-state index >= 15 is 0 Å². The van der Waals surface area contributed by atoms with Crippen LogP contribution in [0.2, 0.25) is 0 Å². The molecule has 1 atom stereocenters. The Bertz CT molecular complexity index is 1150. The first-order valence-corrected chi connectivity index (χ1v) is 11.2. The maximum Gasteiger partial charge on any atom is 0.259 e. The number of likely N-dealkylation sites (tertiary alicyclic amines) is 1. The van der Waals surface area contributed by atoms with Gasteiger partial charge in [-0.1, -0.05) is 36.8 Å². The third-order valence-electron chi connectivity index (χ3n) is 6.15. The molecule has 33 heavy (non-hydrogen) atoms. The van der Waals surface area contributed by atoms with E-state index in [2.05, 4.69) is 27.3 Å². The lowest BCUT2D eigenvalue weighted by molar-refractivity contribution is 0.102. The molecule has 1 aromatic heterocycles. The van der Waals surface area contributed by atoms with Crippen molar-refractivity contribution in [2.75, 3.05) is 19.0 Å². The molecule has 3 aromatic rings. The third-order valence-corrected chi connectivity index (χ3v) is 6.15. The number of nitrogens with one attached hydrogen (secondary N) is 1. The van der Waals surface area contributed by atoms with Crippen LogP contribution in [0.15, 0.2) is 48.7 Å². The lowest BCUT2D eigenvalue weighted by Gasteiger charge is -2.35. The third kappa shape index (κ3) is 5.03. The van der Waals surface area contributed by atoms with E-state index < -0.39 is 11.7 Å². The van der Waals surface area contributed by atoms with Gasteiger partial charge in [-0.15, -0.1) is 0 Å². The number of para-hydroxylation sites is 2. The predicted molar refractivity (Wildman–Crippen MR) is 126 cm³/mol. The molecule has 0 spiro atoms. The number of anilines is 1. The molecule has 0 radical (unpaired) electrons. The topological polar surface area (TPSA) is 67.3 Å². The molecule has 0 aliphatic carbocycles. The average Bonchev–Trinajstić information content (AvgIpc) is 2.81. The molecule has 1 amide bonds. The van der Waals surface area contributed by atoms with Crippen molar-refractivity contribution in [2.24, 2.45) is 0 Å². The number of aryl methyl sites for hydroxylation is 2. The van der Waals surface area contributed by atoms with Crippen LogP contribution in [0, 0.1) is 19.7 Å². The molecule has 7 heteroatoms. The second-order valence-electron chi connectivity index (χ2n) is 8.41. The molecule has 2 heterocycles. The van der Waals surface area contributed by atoms with Crippen LogP contribution in [-0.4, -0.2) is 34.4 Å². The van der Waals surface area contributed by atoms with Gasteiger partial charge in [0, 0.05) is 18.3 Å². The number of aromatic nitrogens is 2. The van der Waals surface area contributed by atoms with Gasteiger partial charge in [0.15, 0.2) is 0 Å². The largest absolute Gasteiger partial charge is 0.496 e. The Morgan fingerprint density at radius 3 is 2.76 bits per heavy atom. The highest BCUT2D eigenvalue weighted by atomic mass is 19.1. The zero-order chi connectivity index (χ0) is 23.4. The molecule has 1 aliphatic rings. The summed E-state index contributed by atoms with van der Waals surface area (Å²) in [5.41, 5.74) is 3.30. The van der Waals surface area contributed by atoms with E-state index in [1.807, 2.05) is 13.0 Å². The van der Waals surface area contributed by atoms with E-state index in [4.69, 9.17) is 9.72 Å². The van der Waals surface area contributed by atoms with Gasteiger partial charge in [0.2, 0.25) is 0 Å². The number of carbonyl (C=O) groups excluding carboxylic acids is 1. The highest BCUT2D eigenvalue weighted by molar-refractivity contribution is 6.04. The van der Waals surface area contributed by atoms with E-state index in [9.17, 15) is 9.18 Å². The Morgan fingerprint density at radius 1 is 1.18 bits per heavy atom. The van der Waals surface area contributed by atoms with E-state index in [-0.39, 0.29) is 11.7 Å². The van der Waals surface area contributed by atoms with Crippen molar-refractivity contribution in [2.45, 2.75) is 45.7 Å². The standard InChI is InChI=1S/C26H29FN4O2/c1-17-9-8-10-19(24(17)33-3)16-31-14-7-6-13-23(31)25-28-15-20(18(2)29-25)26(32)30-22-12-5-4-11-21(22)27/h4-5,8-12,15,23H,6-7,13-14,16H2,1-3H3,(H,30,32). The Balaban J connectivity index is 1.55. The minimum absolute atomic E-state index is 0.0614. The number of nitrogens with zero attached hydrogens (tertiary/aromatic N) is 3. The first kappa shape index (κ1) is 22.9. The summed E-state index contributed by atoms with van der Waals surface area (Å²) >= 11 is 0. The quantitative estimate of drug-likeness (QED) is 0.560. The van der Waals surface area contributed by atoms with Crippen molar-refractivity contribution in [1.29, 1.82) is 0 Å². The molecule has 2 aromatic carbocycles. The van der Waals surface area contributed by atoms with Crippen LogP contribution in [0.5, 0.6) is 5.75 Å². The maximum absolute atomic E-state index is 13.9. The predicted octanol–water partition coefficient (Wildman–Crippen LogP) is 5.22. The minimum atomic E-state index is -0.481. The molecular formula is C26H29FN4O2. The van der Waals surface area contributed by atoms with Gasteiger partial charge in [-0.25, -0.2) is 14.4 Å². The first-order chi connectivity index (χ1) is 16.0. The molecule has 1 aliphatic heterocycles. The van der Waals surface area contributed by atoms with Crippen LogP contribution < -0.4 is 10.1 Å². The van der Waals surface area contributed by atoms with Crippen molar-refractivity contribution in [1.82, 2.24) is 14.9 Å². The second-order valence-corrected chi connectivity index (χ2v) is 8.41. The van der Waals surface area contributed by atoms with Gasteiger partial charge in [0.1, 0.15) is 17.4 Å². The first-order valence-electron chi connectivity index (χ1n) is 11.2. The van der Waals surface area contributed by atoms with Crippen LogP contribution in [0.1, 0.15) is 58.3 Å². The number of hydrogen-bond donors (Lipinski definition) is 1. The summed E-state index contributed by atoms with van der Waals surface area (Å²) in [5.74, 6) is 0.722. The second kappa shape index (κ2) is 10.1. The van der Waals surface area contributed by atoms with Gasteiger partial charge < -0.3 is 10.1 Å². The van der Waals surface area contributed by atoms with Crippen molar-refractivity contribution >= 4 is 11.6 Å². The number of amides is 1. The normalized spacial score (nSPS) is 16.4. The number of methoxy groups -OCH3 is 1. The van der Waals surface area contributed by atoms with Crippen LogP contribution in [0.3, 0.4) is 0 Å². The van der Waals surface area contributed by atoms with Crippen molar-refractivity contribution in [3.8, 4) is 5.75 Å². The number of halogens is 1. The number of piperidine rings is 1. The van der Waals surface area contributed by atoms with Gasteiger partial charge in [0.25, 0.3) is 5.91 Å². The monoisotopic (exact) mass is 448 g/mol. The van der Waals surface area contributed by atoms with E-state index in [1.165, 1.54) is 12.1 Å². The van der Waals surface area contributed by atoms with E-state index in [0.29, 0.717) is 17.1 Å². The fraction of sp³-hybridized carbons (Fsp3) is 0.346. The SMILES string of the molecule is COc1c(C)cccc1CN1CCCCC1c1ncc(C(=O)Nc2ccccc2F)c(C)n1. The maximum atomic E-state index is 13.9. The van der Waals surface area contributed by atoms with Gasteiger partial charge in [-0.3, -0.25) is 9.69 Å². The van der Waals surface area contributed by atoms with Gasteiger partial charge in [-0.05, 0) is 50.9 Å². The van der Waals surface area contributed by atoms with Gasteiger partial charge >= 0.3 is 0 Å². The molecule has 0 bridgehead atoms. The Morgan fingerprint density at radius 2 is 2.00 bits per heavy atom. The van der Waals surface area contributed by atoms with Crippen LogP contribution in [-0.2, 0) is 6.54 Å². The summed E-state index contributed by atoms with van der Waals surface area (Å²) in [6, 6.07) is 12.3. The molecule has 6 nitrogen and oxygen atoms in total. The van der Waals surface area contributed by atoms with Crippen LogP contribution >= 0.6 is 0 Å². The summed E-state index contributed by atoms with van der Waals surface area (Å²) in [4.78, 5) is 24.3. The number of rotatable bonds is 6. The Hall–Kier alpha value is -3.32. The summed E-state index contributed by atoms with van der Waals surface area (Å²) in [6.07, 6.45) is 4.72. The smallest absolute Gasteiger partial charge is 0.259 e. The molecule has 172 valence electrons. The fourth-order valence-corrected chi connectivity index (χ4v) is 4.44. The molecule has 1 unspecified atom stereocenters. The molecule has 1 fully saturated rings. The molecular weight excluding hydrogens is 419 g/mol. The van der Waals surface area contributed by atoms with Gasteiger partial charge in [-0.2, -0.15) is 0 Å². The summed E-state index contributed by atoms with van der Waals surface area (Å²) in [7, 11) is 1.71. The summed E-state index contributed by atoms with van der Waals surface area (Å²) in [6.45, 7) is 5.53. The zero-order valence-corrected chi connectivity index (χ0v) is 19.3. The summed E-state index contributed by atoms with van der Waals surface area (Å²) in [5, 5.41) is 2.61. The molecule has 1 N–H and O–H groups in total. The molecule has 1 saturated heterocycles. The van der Waals surface area contributed by atoms with Gasteiger partial charge in [0.05, 0.1) is 30.1 Å². The van der Waals surface area contributed by atoms with Crippen molar-refractivity contribution in [3.63, 3.8) is 0 Å². The zero-order valence-electron chi connectivity index (χ0n) is 19.3. The van der Waals surface area contributed by atoms with E-state index in [1.54, 1.807) is 32.4 Å². The number of hydrogen-bond acceptors (Lipinski definition) is 5. The minimum Gasteiger partial charge on any atom is -0.496 e. The Kier molecular flexibility index (Phi) is 6.99. The fourth-order valence-electron chi connectivity index (χ4n) is 4.44. The highest BCUT2D eigenvalue weighted by Crippen LogP contribution is 2.33. The highest BCUT2D eigenvalue weighted by Gasteiger charge is 2.28. The Labute approximate surface area is 193 Å². The van der Waals surface area contributed by atoms with E-state index in [0.717, 1.165) is 49.2 Å². The number of ether oxygens (including phenoxy) is 1. The molecule has 4 rings (SSSR count). The van der Waals surface area contributed by atoms with Crippen LogP contribution in [0.4, 0.5) is 10.1 Å². The number of carbonyl (C=O) groups is 1. The van der Waals surface area contributed by atoms with Crippen molar-refractivity contribution in [3.05, 3.63) is 82.7 Å². The average molecular weight is 449 g/mol. The number of benzene rings is 2.